The summed E-state index contributed by atoms with van der Waals surface area (Å²) in [5.74, 6) is 0. The van der Waals surface area contributed by atoms with E-state index in [2.05, 4.69) is 53.7 Å². The first-order valence-electron chi connectivity index (χ1n) is 8.60. The van der Waals surface area contributed by atoms with Gasteiger partial charge in [0.1, 0.15) is 0 Å². The highest BCUT2D eigenvalue weighted by Gasteiger charge is 2.12. The topological polar surface area (TPSA) is 37.0 Å². The average Bonchev–Trinajstić information content (AvgIpc) is 3.09. The van der Waals surface area contributed by atoms with E-state index in [-0.39, 0.29) is 0 Å². The highest BCUT2D eigenvalue weighted by atomic mass is 32.1. The standard InChI is InChI=1S/C20H25N3S/c1-3-16-12-19(15(2)23-13-16)20-8-7-18(24-20)14-21-11-9-17-6-4-5-10-22-17/h4-8,10,12,21,23H,3,9,11,13-14H2,1-2H3. The number of dihydropyridines is 1. The van der Waals surface area contributed by atoms with Crippen LogP contribution in [0.4, 0.5) is 0 Å². The van der Waals surface area contributed by atoms with Gasteiger partial charge in [-0.15, -0.1) is 11.3 Å². The van der Waals surface area contributed by atoms with E-state index in [0.29, 0.717) is 0 Å². The number of nitrogens with one attached hydrogen (secondary N) is 2. The molecule has 2 aromatic rings. The van der Waals surface area contributed by atoms with Gasteiger partial charge in [-0.25, -0.2) is 0 Å². The SMILES string of the molecule is CCC1=CC(c2ccc(CNCCc3ccccn3)s2)=C(C)NC1. The van der Waals surface area contributed by atoms with E-state index in [1.807, 2.05) is 29.7 Å². The fourth-order valence-electron chi connectivity index (χ4n) is 2.78. The Kier molecular flexibility index (Phi) is 5.83. The third kappa shape index (κ3) is 4.34. The van der Waals surface area contributed by atoms with E-state index in [1.165, 1.54) is 26.6 Å². The number of aromatic nitrogens is 1. The molecule has 2 aromatic heterocycles. The smallest absolute Gasteiger partial charge is 0.0416 e. The Bertz CT molecular complexity index is 728. The molecule has 0 spiro atoms. The Morgan fingerprint density at radius 1 is 1.25 bits per heavy atom. The van der Waals surface area contributed by atoms with Crippen molar-refractivity contribution in [2.24, 2.45) is 0 Å². The first kappa shape index (κ1) is 16.9. The number of hydrogen-bond donors (Lipinski definition) is 2. The van der Waals surface area contributed by atoms with Crippen molar-refractivity contribution in [2.45, 2.75) is 33.2 Å². The second-order valence-electron chi connectivity index (χ2n) is 6.06. The lowest BCUT2D eigenvalue weighted by molar-refractivity contribution is 0.686. The molecule has 0 saturated carbocycles. The van der Waals surface area contributed by atoms with Crippen molar-refractivity contribution in [1.29, 1.82) is 0 Å². The van der Waals surface area contributed by atoms with Crippen molar-refractivity contribution >= 4 is 16.9 Å². The van der Waals surface area contributed by atoms with Crippen LogP contribution in [0.2, 0.25) is 0 Å². The molecule has 1 aliphatic rings. The van der Waals surface area contributed by atoms with Gasteiger partial charge in [0, 0.05) is 59.0 Å². The van der Waals surface area contributed by atoms with Crippen LogP contribution in [0.1, 0.15) is 35.7 Å². The first-order chi connectivity index (χ1) is 11.8. The van der Waals surface area contributed by atoms with Crippen molar-refractivity contribution in [2.75, 3.05) is 13.1 Å². The van der Waals surface area contributed by atoms with E-state index in [0.717, 1.165) is 38.2 Å². The monoisotopic (exact) mass is 339 g/mol. The summed E-state index contributed by atoms with van der Waals surface area (Å²) >= 11 is 1.88. The molecule has 3 rings (SSSR count). The van der Waals surface area contributed by atoms with Gasteiger partial charge < -0.3 is 10.6 Å². The fourth-order valence-corrected chi connectivity index (χ4v) is 3.83. The van der Waals surface area contributed by atoms with Crippen LogP contribution in [-0.2, 0) is 13.0 Å². The van der Waals surface area contributed by atoms with Gasteiger partial charge in [0.25, 0.3) is 0 Å². The lowest BCUT2D eigenvalue weighted by Gasteiger charge is -2.18. The van der Waals surface area contributed by atoms with Crippen LogP contribution in [0.25, 0.3) is 5.57 Å². The Hall–Kier alpha value is -1.91. The van der Waals surface area contributed by atoms with Crippen LogP contribution >= 0.6 is 11.3 Å². The highest BCUT2D eigenvalue weighted by Crippen LogP contribution is 2.30. The van der Waals surface area contributed by atoms with Crippen LogP contribution in [0.5, 0.6) is 0 Å². The number of pyridine rings is 1. The van der Waals surface area contributed by atoms with Gasteiger partial charge in [-0.1, -0.05) is 24.6 Å². The van der Waals surface area contributed by atoms with Crippen molar-refractivity contribution < 1.29 is 0 Å². The molecule has 1 aliphatic heterocycles. The molecule has 0 aliphatic carbocycles. The van der Waals surface area contributed by atoms with Gasteiger partial charge in [-0.05, 0) is 37.6 Å². The van der Waals surface area contributed by atoms with Crippen LogP contribution < -0.4 is 10.6 Å². The minimum Gasteiger partial charge on any atom is -0.384 e. The third-order valence-electron chi connectivity index (χ3n) is 4.30. The Labute approximate surface area is 148 Å². The van der Waals surface area contributed by atoms with E-state index in [4.69, 9.17) is 0 Å². The molecular weight excluding hydrogens is 314 g/mol. The molecule has 0 saturated heterocycles. The lowest BCUT2D eigenvalue weighted by atomic mass is 10.0. The molecule has 126 valence electrons. The number of rotatable bonds is 7. The molecule has 0 unspecified atom stereocenters. The summed E-state index contributed by atoms with van der Waals surface area (Å²) < 4.78 is 0. The van der Waals surface area contributed by atoms with Crippen LogP contribution in [0, 0.1) is 0 Å². The summed E-state index contributed by atoms with van der Waals surface area (Å²) in [6.07, 6.45) is 6.29. The largest absolute Gasteiger partial charge is 0.384 e. The molecule has 2 N–H and O–H groups in total. The van der Waals surface area contributed by atoms with Gasteiger partial charge in [-0.3, -0.25) is 4.98 Å². The summed E-state index contributed by atoms with van der Waals surface area (Å²) in [5.41, 5.74) is 5.24. The van der Waals surface area contributed by atoms with Crippen molar-refractivity contribution in [1.82, 2.24) is 15.6 Å². The van der Waals surface area contributed by atoms with E-state index >= 15 is 0 Å². The predicted octanol–water partition coefficient (Wildman–Crippen LogP) is 4.15. The number of hydrogen-bond acceptors (Lipinski definition) is 4. The predicted molar refractivity (Wildman–Crippen MR) is 103 cm³/mol. The first-order valence-corrected chi connectivity index (χ1v) is 9.42. The molecule has 0 aromatic carbocycles. The van der Waals surface area contributed by atoms with Crippen LogP contribution in [0.15, 0.2) is 53.9 Å². The van der Waals surface area contributed by atoms with Crippen LogP contribution in [0.3, 0.4) is 0 Å². The maximum absolute atomic E-state index is 4.36. The Morgan fingerprint density at radius 2 is 2.17 bits per heavy atom. The maximum Gasteiger partial charge on any atom is 0.0416 e. The Morgan fingerprint density at radius 3 is 2.96 bits per heavy atom. The lowest BCUT2D eigenvalue weighted by Crippen LogP contribution is -2.19. The molecule has 0 radical (unpaired) electrons. The fraction of sp³-hybridized carbons (Fsp3) is 0.350. The van der Waals surface area contributed by atoms with Crippen LogP contribution in [-0.4, -0.2) is 18.1 Å². The summed E-state index contributed by atoms with van der Waals surface area (Å²) in [6.45, 7) is 7.24. The number of allylic oxidation sites excluding steroid dienone is 3. The molecule has 0 amide bonds. The van der Waals surface area contributed by atoms with Gasteiger partial charge >= 0.3 is 0 Å². The van der Waals surface area contributed by atoms with Gasteiger partial charge in [-0.2, -0.15) is 0 Å². The Balaban J connectivity index is 1.55. The van der Waals surface area contributed by atoms with Crippen molar-refractivity contribution in [3.63, 3.8) is 0 Å². The molecule has 24 heavy (non-hydrogen) atoms. The molecule has 4 heteroatoms. The molecule has 3 nitrogen and oxygen atoms in total. The van der Waals surface area contributed by atoms with Crippen molar-refractivity contribution in [3.8, 4) is 0 Å². The van der Waals surface area contributed by atoms with Gasteiger partial charge in [0.05, 0.1) is 0 Å². The van der Waals surface area contributed by atoms with Crippen molar-refractivity contribution in [3.05, 3.63) is 69.3 Å². The van der Waals surface area contributed by atoms with E-state index in [9.17, 15) is 0 Å². The summed E-state index contributed by atoms with van der Waals surface area (Å²) in [5, 5.41) is 7.03. The summed E-state index contributed by atoms with van der Waals surface area (Å²) in [7, 11) is 0. The zero-order valence-electron chi connectivity index (χ0n) is 14.4. The van der Waals surface area contributed by atoms with E-state index < -0.39 is 0 Å². The molecule has 0 fully saturated rings. The zero-order chi connectivity index (χ0) is 16.8. The maximum atomic E-state index is 4.36. The van der Waals surface area contributed by atoms with Gasteiger partial charge in [0.15, 0.2) is 0 Å². The normalized spacial score (nSPS) is 14.5. The highest BCUT2D eigenvalue weighted by molar-refractivity contribution is 7.13. The van der Waals surface area contributed by atoms with E-state index in [1.54, 1.807) is 0 Å². The zero-order valence-corrected chi connectivity index (χ0v) is 15.2. The number of nitrogens with zero attached hydrogens (tertiary/aromatic N) is 1. The molecular formula is C20H25N3S. The second-order valence-corrected chi connectivity index (χ2v) is 7.23. The average molecular weight is 340 g/mol. The second kappa shape index (κ2) is 8.27. The minimum absolute atomic E-state index is 0.918. The molecule has 0 bridgehead atoms. The summed E-state index contributed by atoms with van der Waals surface area (Å²) in [4.78, 5) is 7.09. The summed E-state index contributed by atoms with van der Waals surface area (Å²) in [6, 6.07) is 10.6. The molecule has 0 atom stereocenters. The quantitative estimate of drug-likeness (QED) is 0.744. The molecule has 3 heterocycles. The van der Waals surface area contributed by atoms with Gasteiger partial charge in [0.2, 0.25) is 0 Å². The third-order valence-corrected chi connectivity index (χ3v) is 5.42. The minimum atomic E-state index is 0.918. The number of thiophene rings is 1.